The van der Waals surface area contributed by atoms with Gasteiger partial charge in [-0.25, -0.2) is 12.1 Å². The number of hydrogen-bond acceptors (Lipinski definition) is 0. The standard InChI is InChI=1S/C25H25.C5H5.2ClH.Hf/c1-24(2,3)13-11-18-7-9-22-20(15-18)17-21-16-19(8-10-23(21)22)12-14-25(4,5)6;1-2-4-5-3-1;;;/h7-10,15H,17H2,1-6H3;1-5H;2*1H;/q2*-1;;;+4/p-2. The van der Waals surface area contributed by atoms with Crippen molar-refractivity contribution in [1.82, 2.24) is 0 Å². The molecule has 0 aliphatic heterocycles. The molecule has 0 amide bonds. The number of fused-ring (bicyclic) bond motifs is 3. The van der Waals surface area contributed by atoms with E-state index < -0.39 is 0 Å². The summed E-state index contributed by atoms with van der Waals surface area (Å²) in [7, 11) is 0. The Labute approximate surface area is 231 Å². The first-order valence-electron chi connectivity index (χ1n) is 10.5. The molecule has 3 aromatic rings. The first-order chi connectivity index (χ1) is 14.1. The fraction of sp³-hybridized carbons (Fsp3) is 0.300. The second kappa shape index (κ2) is 13.3. The van der Waals surface area contributed by atoms with Crippen molar-refractivity contribution in [3.05, 3.63) is 89.0 Å². The number of halogens is 2. The molecule has 0 radical (unpaired) electrons. The molecule has 0 saturated heterocycles. The fourth-order valence-electron chi connectivity index (χ4n) is 3.11. The molecule has 4 rings (SSSR count). The molecule has 0 aromatic heterocycles. The molecular formula is C30H30Cl2Hf. The van der Waals surface area contributed by atoms with Gasteiger partial charge in [-0.15, -0.1) is 29.3 Å². The van der Waals surface area contributed by atoms with Gasteiger partial charge in [-0.3, -0.25) is 0 Å². The van der Waals surface area contributed by atoms with Crippen molar-refractivity contribution in [2.45, 2.75) is 48.0 Å². The Morgan fingerprint density at radius 3 is 1.91 bits per heavy atom. The van der Waals surface area contributed by atoms with E-state index in [1.54, 1.807) is 0 Å². The van der Waals surface area contributed by atoms with Crippen molar-refractivity contribution < 1.29 is 50.7 Å². The second-order valence-corrected chi connectivity index (χ2v) is 9.78. The molecule has 1 aliphatic rings. The van der Waals surface area contributed by atoms with Crippen LogP contribution in [0.1, 0.15) is 63.8 Å². The average molecular weight is 640 g/mol. The normalized spacial score (nSPS) is 10.6. The summed E-state index contributed by atoms with van der Waals surface area (Å²) in [6.45, 7) is 12.8. The van der Waals surface area contributed by atoms with Gasteiger partial charge in [0.15, 0.2) is 0 Å². The molecular weight excluding hydrogens is 610 g/mol. The van der Waals surface area contributed by atoms with Gasteiger partial charge in [0, 0.05) is 16.4 Å². The summed E-state index contributed by atoms with van der Waals surface area (Å²) >= 11 is 0. The Kier molecular flexibility index (Phi) is 12.6. The van der Waals surface area contributed by atoms with E-state index in [0.717, 1.165) is 17.5 Å². The number of rotatable bonds is 0. The molecule has 0 N–H and O–H groups in total. The van der Waals surface area contributed by atoms with E-state index in [1.165, 1.54) is 22.3 Å². The Morgan fingerprint density at radius 2 is 1.36 bits per heavy atom. The molecule has 0 nitrogen and oxygen atoms in total. The van der Waals surface area contributed by atoms with Gasteiger partial charge in [-0.05, 0) is 65.7 Å². The monoisotopic (exact) mass is 640 g/mol. The van der Waals surface area contributed by atoms with Crippen LogP contribution in [-0.2, 0) is 32.3 Å². The molecule has 0 heterocycles. The quantitative estimate of drug-likeness (QED) is 0.155. The Bertz CT molecular complexity index is 1040. The van der Waals surface area contributed by atoms with E-state index in [4.69, 9.17) is 0 Å². The first kappa shape index (κ1) is 31.4. The van der Waals surface area contributed by atoms with Gasteiger partial charge in [0.1, 0.15) is 0 Å². The fourth-order valence-corrected chi connectivity index (χ4v) is 3.11. The summed E-state index contributed by atoms with van der Waals surface area (Å²) in [5, 5.41) is 0. The summed E-state index contributed by atoms with van der Waals surface area (Å²) in [6.07, 6.45) is 0.917. The maximum Gasteiger partial charge on any atom is 4.00 e. The van der Waals surface area contributed by atoms with E-state index in [9.17, 15) is 0 Å². The van der Waals surface area contributed by atoms with Crippen LogP contribution < -0.4 is 24.8 Å². The van der Waals surface area contributed by atoms with Gasteiger partial charge >= 0.3 is 25.8 Å². The van der Waals surface area contributed by atoms with E-state index in [1.807, 2.05) is 30.3 Å². The van der Waals surface area contributed by atoms with Crippen LogP contribution in [0.15, 0.2) is 60.7 Å². The Hall–Kier alpha value is -1.64. The maximum absolute atomic E-state index is 3.51. The Morgan fingerprint density at radius 1 is 0.788 bits per heavy atom. The summed E-state index contributed by atoms with van der Waals surface area (Å²) in [5.74, 6) is 13.2. The SMILES string of the molecule is CC(C)(C)C#Cc1[c-]c2c(cc1)-c1ccc(C#CC(C)(C)C)cc1C2.[Cl-].[Cl-].[Hf+4].c1cc[cH-]c1. The molecule has 0 saturated carbocycles. The van der Waals surface area contributed by atoms with Crippen LogP contribution in [0.25, 0.3) is 11.1 Å². The molecule has 1 aliphatic carbocycles. The smallest absolute Gasteiger partial charge is 1.00 e. The molecule has 0 bridgehead atoms. The number of benzene rings is 2. The van der Waals surface area contributed by atoms with Crippen molar-refractivity contribution in [3.8, 4) is 34.8 Å². The minimum atomic E-state index is 0. The predicted octanol–water partition coefficient (Wildman–Crippen LogP) is 1.26. The average Bonchev–Trinajstić information content (AvgIpc) is 3.34. The van der Waals surface area contributed by atoms with Gasteiger partial charge in [0.05, 0.1) is 0 Å². The van der Waals surface area contributed by atoms with Crippen LogP contribution in [0.4, 0.5) is 0 Å². The summed E-state index contributed by atoms with van der Waals surface area (Å²) in [4.78, 5) is 0. The molecule has 3 aromatic carbocycles. The molecule has 33 heavy (non-hydrogen) atoms. The van der Waals surface area contributed by atoms with Crippen molar-refractivity contribution >= 4 is 0 Å². The van der Waals surface area contributed by atoms with Gasteiger partial charge in [0.25, 0.3) is 0 Å². The predicted molar refractivity (Wildman–Crippen MR) is 128 cm³/mol. The summed E-state index contributed by atoms with van der Waals surface area (Å²) in [5.41, 5.74) is 7.29. The largest absolute Gasteiger partial charge is 4.00 e. The van der Waals surface area contributed by atoms with Crippen LogP contribution in [-0.4, -0.2) is 0 Å². The van der Waals surface area contributed by atoms with Gasteiger partial charge in [-0.1, -0.05) is 29.0 Å². The Balaban J connectivity index is 0.00000114. The van der Waals surface area contributed by atoms with E-state index in [-0.39, 0.29) is 61.5 Å². The molecule has 0 fully saturated rings. The third-order valence-corrected chi connectivity index (χ3v) is 4.50. The van der Waals surface area contributed by atoms with Gasteiger partial charge in [0.2, 0.25) is 0 Å². The van der Waals surface area contributed by atoms with Crippen LogP contribution in [0.3, 0.4) is 0 Å². The van der Waals surface area contributed by atoms with Gasteiger partial charge < -0.3 is 24.8 Å². The van der Waals surface area contributed by atoms with E-state index in [0.29, 0.717) is 0 Å². The molecule has 3 heteroatoms. The maximum atomic E-state index is 3.51. The zero-order valence-electron chi connectivity index (χ0n) is 20.2. The molecule has 0 unspecified atom stereocenters. The van der Waals surface area contributed by atoms with Crippen LogP contribution >= 0.6 is 0 Å². The zero-order valence-corrected chi connectivity index (χ0v) is 25.3. The molecule has 168 valence electrons. The topological polar surface area (TPSA) is 0 Å². The van der Waals surface area contributed by atoms with Crippen molar-refractivity contribution in [2.75, 3.05) is 0 Å². The third-order valence-electron chi connectivity index (χ3n) is 4.50. The summed E-state index contributed by atoms with van der Waals surface area (Å²) < 4.78 is 0. The molecule has 0 spiro atoms. The van der Waals surface area contributed by atoms with Crippen molar-refractivity contribution in [2.24, 2.45) is 10.8 Å². The van der Waals surface area contributed by atoms with Crippen LogP contribution in [0.2, 0.25) is 0 Å². The van der Waals surface area contributed by atoms with Crippen LogP contribution in [0.5, 0.6) is 0 Å². The van der Waals surface area contributed by atoms with Crippen LogP contribution in [0, 0.1) is 40.6 Å². The summed E-state index contributed by atoms with van der Waals surface area (Å²) in [6, 6.07) is 24.3. The second-order valence-electron chi connectivity index (χ2n) is 9.78. The van der Waals surface area contributed by atoms with Gasteiger partial charge in [-0.2, -0.15) is 30.0 Å². The minimum Gasteiger partial charge on any atom is -1.00 e. The third kappa shape index (κ3) is 10.0. The van der Waals surface area contributed by atoms with Crippen molar-refractivity contribution in [1.29, 1.82) is 0 Å². The molecule has 0 atom stereocenters. The van der Waals surface area contributed by atoms with E-state index >= 15 is 0 Å². The number of hydrogen-bond donors (Lipinski definition) is 0. The zero-order chi connectivity index (χ0) is 21.8. The first-order valence-corrected chi connectivity index (χ1v) is 10.5. The van der Waals surface area contributed by atoms with E-state index in [2.05, 4.69) is 102 Å². The minimum absolute atomic E-state index is 0. The van der Waals surface area contributed by atoms with Crippen molar-refractivity contribution in [3.63, 3.8) is 0 Å².